The van der Waals surface area contributed by atoms with Gasteiger partial charge >= 0.3 is 0 Å². The molecule has 2 aromatic rings. The van der Waals surface area contributed by atoms with E-state index in [1.54, 1.807) is 19.5 Å². The first kappa shape index (κ1) is 18.6. The number of nitrogens with one attached hydrogen (secondary N) is 1. The van der Waals surface area contributed by atoms with Crippen molar-refractivity contribution in [1.29, 1.82) is 0 Å². The van der Waals surface area contributed by atoms with Crippen molar-refractivity contribution in [1.82, 2.24) is 15.2 Å². The molecule has 1 fully saturated rings. The highest BCUT2D eigenvalue weighted by Crippen LogP contribution is 2.28. The molecule has 2 heterocycles. The number of likely N-dealkylation sites (N-methyl/N-ethyl adjacent to an activating group) is 1. The smallest absolute Gasteiger partial charge is 0.161 e. The summed E-state index contributed by atoms with van der Waals surface area (Å²) in [4.78, 5) is 6.41. The van der Waals surface area contributed by atoms with Crippen molar-refractivity contribution in [3.05, 3.63) is 53.9 Å². The normalized spacial score (nSPS) is 17.8. The van der Waals surface area contributed by atoms with Gasteiger partial charge in [-0.1, -0.05) is 12.1 Å². The van der Waals surface area contributed by atoms with Crippen molar-refractivity contribution in [3.63, 3.8) is 0 Å². The minimum Gasteiger partial charge on any atom is -0.493 e. The Labute approximate surface area is 155 Å². The zero-order valence-electron chi connectivity index (χ0n) is 15.5. The second kappa shape index (κ2) is 9.52. The fourth-order valence-electron chi connectivity index (χ4n) is 2.96. The summed E-state index contributed by atoms with van der Waals surface area (Å²) in [5.74, 6) is 1.47. The van der Waals surface area contributed by atoms with Gasteiger partial charge in [-0.25, -0.2) is 0 Å². The number of hydrogen-bond acceptors (Lipinski definition) is 6. The van der Waals surface area contributed by atoms with Crippen LogP contribution in [0.3, 0.4) is 0 Å². The van der Waals surface area contributed by atoms with Gasteiger partial charge in [-0.2, -0.15) is 0 Å². The molecule has 1 saturated heterocycles. The summed E-state index contributed by atoms with van der Waals surface area (Å²) in [6.07, 6.45) is 3.80. The fraction of sp³-hybridized carbons (Fsp3) is 0.450. The molecule has 0 saturated carbocycles. The number of nitrogens with zero attached hydrogens (tertiary/aromatic N) is 2. The number of rotatable bonds is 8. The van der Waals surface area contributed by atoms with Gasteiger partial charge in [-0.3, -0.25) is 4.98 Å². The summed E-state index contributed by atoms with van der Waals surface area (Å²) in [5.41, 5.74) is 2.17. The zero-order valence-corrected chi connectivity index (χ0v) is 15.5. The van der Waals surface area contributed by atoms with Crippen molar-refractivity contribution in [3.8, 4) is 11.5 Å². The van der Waals surface area contributed by atoms with Crippen LogP contribution in [0.5, 0.6) is 11.5 Å². The van der Waals surface area contributed by atoms with E-state index in [1.807, 2.05) is 24.3 Å². The van der Waals surface area contributed by atoms with Gasteiger partial charge in [0, 0.05) is 44.1 Å². The van der Waals surface area contributed by atoms with Crippen LogP contribution in [0, 0.1) is 0 Å². The van der Waals surface area contributed by atoms with Gasteiger partial charge in [0.1, 0.15) is 6.61 Å². The Morgan fingerprint density at radius 1 is 1.27 bits per heavy atom. The highest BCUT2D eigenvalue weighted by molar-refractivity contribution is 5.43. The lowest BCUT2D eigenvalue weighted by Gasteiger charge is -2.30. The number of aromatic nitrogens is 1. The number of pyridine rings is 1. The first-order valence-electron chi connectivity index (χ1n) is 8.94. The van der Waals surface area contributed by atoms with Crippen LogP contribution in [0.2, 0.25) is 0 Å². The van der Waals surface area contributed by atoms with Crippen LogP contribution < -0.4 is 14.8 Å². The third-order valence-corrected chi connectivity index (χ3v) is 4.39. The quantitative estimate of drug-likeness (QED) is 0.781. The van der Waals surface area contributed by atoms with E-state index in [0.29, 0.717) is 6.61 Å². The minimum atomic E-state index is 0.244. The second-order valence-corrected chi connectivity index (χ2v) is 6.52. The Bertz CT molecular complexity index is 681. The molecule has 0 bridgehead atoms. The first-order valence-corrected chi connectivity index (χ1v) is 8.94. The molecule has 140 valence electrons. The van der Waals surface area contributed by atoms with Crippen molar-refractivity contribution >= 4 is 0 Å². The highest BCUT2D eigenvalue weighted by Gasteiger charge is 2.17. The molecule has 1 aliphatic heterocycles. The summed E-state index contributed by atoms with van der Waals surface area (Å²) in [5, 5.41) is 3.47. The molecule has 0 radical (unpaired) electrons. The van der Waals surface area contributed by atoms with Crippen molar-refractivity contribution in [2.45, 2.75) is 19.3 Å². The third kappa shape index (κ3) is 5.42. The fourth-order valence-corrected chi connectivity index (χ4v) is 2.96. The van der Waals surface area contributed by atoms with Gasteiger partial charge in [0.05, 0.1) is 19.8 Å². The monoisotopic (exact) mass is 357 g/mol. The van der Waals surface area contributed by atoms with Crippen LogP contribution in [0.25, 0.3) is 0 Å². The molecule has 1 atom stereocenters. The van der Waals surface area contributed by atoms with Gasteiger partial charge < -0.3 is 24.4 Å². The van der Waals surface area contributed by atoms with Crippen LogP contribution in [-0.4, -0.2) is 56.4 Å². The lowest BCUT2D eigenvalue weighted by molar-refractivity contribution is -0.0182. The number of ether oxygens (including phenoxy) is 3. The molecule has 0 amide bonds. The summed E-state index contributed by atoms with van der Waals surface area (Å²) in [6.45, 7) is 4.84. The average molecular weight is 357 g/mol. The number of hydrogen-bond donors (Lipinski definition) is 1. The van der Waals surface area contributed by atoms with Crippen LogP contribution in [0.4, 0.5) is 0 Å². The molecule has 6 nitrogen and oxygen atoms in total. The summed E-state index contributed by atoms with van der Waals surface area (Å²) in [6, 6.07) is 9.92. The van der Waals surface area contributed by atoms with E-state index < -0.39 is 0 Å². The topological polar surface area (TPSA) is 55.9 Å². The second-order valence-electron chi connectivity index (χ2n) is 6.52. The molecular formula is C20H27N3O3. The van der Waals surface area contributed by atoms with Crippen molar-refractivity contribution < 1.29 is 14.2 Å². The summed E-state index contributed by atoms with van der Waals surface area (Å²) >= 11 is 0. The van der Waals surface area contributed by atoms with Gasteiger partial charge in [-0.15, -0.1) is 0 Å². The Balaban J connectivity index is 1.54. The maximum Gasteiger partial charge on any atom is 0.161 e. The average Bonchev–Trinajstić information content (AvgIpc) is 2.67. The SMILES string of the molecule is COc1ccc(CNC[C@@H]2CN(C)CCO2)cc1OCc1cccnc1. The Morgan fingerprint density at radius 2 is 2.19 bits per heavy atom. The van der Waals surface area contributed by atoms with Gasteiger partial charge in [0.25, 0.3) is 0 Å². The third-order valence-electron chi connectivity index (χ3n) is 4.39. The molecule has 0 spiro atoms. The molecule has 26 heavy (non-hydrogen) atoms. The van der Waals surface area contributed by atoms with E-state index in [9.17, 15) is 0 Å². The Morgan fingerprint density at radius 3 is 2.96 bits per heavy atom. The van der Waals surface area contributed by atoms with E-state index in [-0.39, 0.29) is 6.10 Å². The van der Waals surface area contributed by atoms with E-state index >= 15 is 0 Å². The van der Waals surface area contributed by atoms with Crippen LogP contribution in [0.15, 0.2) is 42.7 Å². The molecule has 1 aromatic heterocycles. The Kier molecular flexibility index (Phi) is 6.82. The predicted molar refractivity (Wildman–Crippen MR) is 101 cm³/mol. The standard InChI is InChI=1S/C20H27N3O3/c1-23-8-9-25-18(14-23)13-22-11-16-5-6-19(24-2)20(10-16)26-15-17-4-3-7-21-12-17/h3-7,10,12,18,22H,8-9,11,13-15H2,1-2H3/t18-/m1/s1. The van der Waals surface area contributed by atoms with E-state index in [1.165, 1.54) is 0 Å². The maximum atomic E-state index is 5.94. The zero-order chi connectivity index (χ0) is 18.2. The Hall–Kier alpha value is -2.15. The van der Waals surface area contributed by atoms with E-state index in [0.717, 1.165) is 55.4 Å². The summed E-state index contributed by atoms with van der Waals surface area (Å²) in [7, 11) is 3.78. The van der Waals surface area contributed by atoms with Crippen LogP contribution in [-0.2, 0) is 17.9 Å². The van der Waals surface area contributed by atoms with Gasteiger partial charge in [-0.05, 0) is 30.8 Å². The van der Waals surface area contributed by atoms with E-state index in [4.69, 9.17) is 14.2 Å². The first-order chi connectivity index (χ1) is 12.7. The predicted octanol–water partition coefficient (Wildman–Crippen LogP) is 2.09. The molecule has 1 N–H and O–H groups in total. The van der Waals surface area contributed by atoms with Crippen LogP contribution in [0.1, 0.15) is 11.1 Å². The molecule has 3 rings (SSSR count). The highest BCUT2D eigenvalue weighted by atomic mass is 16.5. The maximum absolute atomic E-state index is 5.94. The molecular weight excluding hydrogens is 330 g/mol. The number of methoxy groups -OCH3 is 1. The largest absolute Gasteiger partial charge is 0.493 e. The molecule has 0 aliphatic carbocycles. The molecule has 6 heteroatoms. The van der Waals surface area contributed by atoms with Gasteiger partial charge in [0.2, 0.25) is 0 Å². The van der Waals surface area contributed by atoms with E-state index in [2.05, 4.69) is 28.3 Å². The van der Waals surface area contributed by atoms with Crippen molar-refractivity contribution in [2.75, 3.05) is 40.4 Å². The number of benzene rings is 1. The van der Waals surface area contributed by atoms with Crippen molar-refractivity contribution in [2.24, 2.45) is 0 Å². The van der Waals surface area contributed by atoms with Crippen LogP contribution >= 0.6 is 0 Å². The lowest BCUT2D eigenvalue weighted by Crippen LogP contribution is -2.44. The minimum absolute atomic E-state index is 0.244. The molecule has 0 unspecified atom stereocenters. The lowest BCUT2D eigenvalue weighted by atomic mass is 10.2. The van der Waals surface area contributed by atoms with Gasteiger partial charge in [0.15, 0.2) is 11.5 Å². The number of morpholine rings is 1. The molecule has 1 aliphatic rings. The summed E-state index contributed by atoms with van der Waals surface area (Å²) < 4.78 is 17.1. The molecule has 1 aromatic carbocycles.